The van der Waals surface area contributed by atoms with Gasteiger partial charge in [0, 0.05) is 51.4 Å². The number of amides is 1. The van der Waals surface area contributed by atoms with E-state index in [-0.39, 0.29) is 36.6 Å². The number of piperazine rings is 1. The van der Waals surface area contributed by atoms with Crippen LogP contribution in [0.3, 0.4) is 0 Å². The van der Waals surface area contributed by atoms with Gasteiger partial charge in [-0.15, -0.1) is 0 Å². The molecule has 1 atom stereocenters. The maximum absolute atomic E-state index is 12.4. The number of carbonyl (C=O) groups excluding carboxylic acids is 2. The lowest BCUT2D eigenvalue weighted by molar-refractivity contribution is -0.123. The van der Waals surface area contributed by atoms with Crippen LogP contribution < -0.4 is 10.2 Å². The number of nitrogens with zero attached hydrogens (tertiary/aromatic N) is 5. The Morgan fingerprint density at radius 2 is 1.91 bits per heavy atom. The molecule has 1 unspecified atom stereocenters. The molecule has 0 radical (unpaired) electrons. The fourth-order valence-corrected chi connectivity index (χ4v) is 3.80. The Labute approximate surface area is 185 Å². The van der Waals surface area contributed by atoms with E-state index in [1.807, 2.05) is 0 Å². The van der Waals surface area contributed by atoms with E-state index in [0.717, 1.165) is 26.2 Å². The molecule has 1 amide bonds. The predicted octanol–water partition coefficient (Wildman–Crippen LogP) is 1.33. The minimum Gasteiger partial charge on any atom is -0.483 e. The summed E-state index contributed by atoms with van der Waals surface area (Å²) in [5.41, 5.74) is 0.369. The van der Waals surface area contributed by atoms with E-state index in [4.69, 9.17) is 14.3 Å². The lowest BCUT2D eigenvalue weighted by Crippen LogP contribution is -2.49. The van der Waals surface area contributed by atoms with Gasteiger partial charge in [0.2, 0.25) is 11.9 Å². The van der Waals surface area contributed by atoms with E-state index in [2.05, 4.69) is 43.9 Å². The van der Waals surface area contributed by atoms with Gasteiger partial charge in [-0.25, -0.2) is 9.97 Å². The van der Waals surface area contributed by atoms with Crippen molar-refractivity contribution in [2.45, 2.75) is 26.7 Å². The Morgan fingerprint density at radius 1 is 1.25 bits per heavy atom. The lowest BCUT2D eigenvalue weighted by Gasteiger charge is -2.34. The zero-order chi connectivity index (χ0) is 23.1. The number of carbonyl (C=O) groups is 3. The van der Waals surface area contributed by atoms with Crippen molar-refractivity contribution in [1.82, 2.24) is 19.9 Å². The second-order valence-corrected chi connectivity index (χ2v) is 8.09. The van der Waals surface area contributed by atoms with Gasteiger partial charge >= 0.3 is 6.01 Å². The number of anilines is 2. The van der Waals surface area contributed by atoms with Crippen molar-refractivity contribution < 1.29 is 23.9 Å². The summed E-state index contributed by atoms with van der Waals surface area (Å²) in [7, 11) is 0. The minimum atomic E-state index is -0.250. The molecule has 1 fully saturated rings. The Hall–Kier alpha value is -3.34. The molecule has 4 rings (SSSR count). The number of hydrogen-bond donors (Lipinski definition) is 2. The fraction of sp³-hybridized carbons (Fsp3) is 0.524. The maximum atomic E-state index is 12.4. The molecule has 1 aliphatic carbocycles. The van der Waals surface area contributed by atoms with Crippen LogP contribution in [0.25, 0.3) is 0 Å². The molecule has 2 N–H and O–H groups in total. The van der Waals surface area contributed by atoms with Crippen molar-refractivity contribution in [3.63, 3.8) is 0 Å². The van der Waals surface area contributed by atoms with Crippen LogP contribution in [0, 0.1) is 11.8 Å². The highest BCUT2D eigenvalue weighted by Crippen LogP contribution is 2.31. The van der Waals surface area contributed by atoms with Crippen molar-refractivity contribution in [1.29, 1.82) is 0 Å². The summed E-state index contributed by atoms with van der Waals surface area (Å²) >= 11 is 0. The van der Waals surface area contributed by atoms with Gasteiger partial charge in [-0.2, -0.15) is 4.98 Å². The Kier molecular flexibility index (Phi) is 7.87. The van der Waals surface area contributed by atoms with Crippen LogP contribution in [0.5, 0.6) is 0 Å². The Bertz CT molecular complexity index is 924. The average molecular weight is 444 g/mol. The number of ketones is 1. The van der Waals surface area contributed by atoms with Gasteiger partial charge in [0.15, 0.2) is 5.78 Å². The van der Waals surface area contributed by atoms with Crippen LogP contribution in [0.2, 0.25) is 0 Å². The van der Waals surface area contributed by atoms with E-state index in [1.165, 1.54) is 0 Å². The highest BCUT2D eigenvalue weighted by molar-refractivity contribution is 5.97. The van der Waals surface area contributed by atoms with E-state index < -0.39 is 0 Å². The van der Waals surface area contributed by atoms with Crippen molar-refractivity contribution >= 4 is 30.1 Å². The van der Waals surface area contributed by atoms with Crippen molar-refractivity contribution in [3.8, 4) is 0 Å². The number of fused-ring (bicyclic) bond motifs is 1. The Morgan fingerprint density at radius 3 is 2.53 bits per heavy atom. The molecule has 0 aromatic carbocycles. The standard InChI is InChI=1S/C20H26N6O3.CH2O2/c1-13(2)14-10-15(27)18-16(11-14)29-20(24-18)23-17(28)12-25-6-8-26(9-7-25)19-21-4-3-5-22-19;2-1-3/h3-5,13-14H,6-12H2,1-2H3,(H,23,24,28);1H,(H,2,3). The number of oxazole rings is 1. The fourth-order valence-electron chi connectivity index (χ4n) is 3.80. The molecule has 2 aromatic heterocycles. The number of carboxylic acid groups (broad SMARTS) is 1. The van der Waals surface area contributed by atoms with Crippen LogP contribution in [0.4, 0.5) is 12.0 Å². The van der Waals surface area contributed by atoms with E-state index in [9.17, 15) is 9.59 Å². The molecule has 2 aromatic rings. The summed E-state index contributed by atoms with van der Waals surface area (Å²) in [6, 6.07) is 1.91. The number of nitrogens with one attached hydrogen (secondary N) is 1. The van der Waals surface area contributed by atoms with Gasteiger partial charge in [-0.05, 0) is 17.9 Å². The maximum Gasteiger partial charge on any atom is 0.302 e. The van der Waals surface area contributed by atoms with Crippen LogP contribution in [-0.2, 0) is 16.0 Å². The van der Waals surface area contributed by atoms with E-state index in [0.29, 0.717) is 36.2 Å². The second-order valence-electron chi connectivity index (χ2n) is 8.09. The molecule has 0 saturated carbocycles. The Balaban J connectivity index is 0.000000913. The van der Waals surface area contributed by atoms with Crippen LogP contribution in [0.1, 0.15) is 36.5 Å². The molecule has 11 nitrogen and oxygen atoms in total. The van der Waals surface area contributed by atoms with E-state index >= 15 is 0 Å². The first-order valence-electron chi connectivity index (χ1n) is 10.6. The van der Waals surface area contributed by atoms with Crippen molar-refractivity contribution in [2.24, 2.45) is 11.8 Å². The SMILES string of the molecule is CC(C)C1CC(=O)c2nc(NC(=O)CN3CCN(c4ncccn4)CC3)oc2C1.O=CO. The molecule has 3 heterocycles. The summed E-state index contributed by atoms with van der Waals surface area (Å²) in [6.45, 7) is 7.20. The van der Waals surface area contributed by atoms with Gasteiger partial charge in [-0.3, -0.25) is 24.6 Å². The van der Waals surface area contributed by atoms with Gasteiger partial charge < -0.3 is 14.4 Å². The molecular weight excluding hydrogens is 416 g/mol. The van der Waals surface area contributed by atoms with E-state index in [1.54, 1.807) is 18.5 Å². The normalized spacial score (nSPS) is 18.5. The van der Waals surface area contributed by atoms with Gasteiger partial charge in [0.1, 0.15) is 11.5 Å². The monoisotopic (exact) mass is 444 g/mol. The third kappa shape index (κ3) is 5.88. The van der Waals surface area contributed by atoms with Crippen LogP contribution in [-0.4, -0.2) is 75.8 Å². The first-order valence-corrected chi connectivity index (χ1v) is 10.6. The molecule has 1 saturated heterocycles. The van der Waals surface area contributed by atoms with Crippen molar-refractivity contribution in [2.75, 3.05) is 42.9 Å². The number of rotatable bonds is 5. The second kappa shape index (κ2) is 10.8. The minimum absolute atomic E-state index is 0.00606. The number of hydrogen-bond acceptors (Lipinski definition) is 9. The van der Waals surface area contributed by atoms with Crippen molar-refractivity contribution in [3.05, 3.63) is 29.9 Å². The summed E-state index contributed by atoms with van der Waals surface area (Å²) in [5.74, 6) is 1.76. The molecule has 32 heavy (non-hydrogen) atoms. The highest BCUT2D eigenvalue weighted by Gasteiger charge is 2.32. The topological polar surface area (TPSA) is 142 Å². The highest BCUT2D eigenvalue weighted by atomic mass is 16.4. The number of Topliss-reactive ketones (excluding diaryl/α,β-unsaturated/α-hetero) is 1. The zero-order valence-corrected chi connectivity index (χ0v) is 18.2. The van der Waals surface area contributed by atoms with Crippen LogP contribution in [0.15, 0.2) is 22.9 Å². The smallest absolute Gasteiger partial charge is 0.302 e. The number of aromatic nitrogens is 3. The molecule has 2 aliphatic rings. The van der Waals surface area contributed by atoms with Crippen LogP contribution >= 0.6 is 0 Å². The average Bonchev–Trinajstić information content (AvgIpc) is 3.18. The largest absolute Gasteiger partial charge is 0.483 e. The third-order valence-corrected chi connectivity index (χ3v) is 5.62. The van der Waals surface area contributed by atoms with Gasteiger partial charge in [-0.1, -0.05) is 13.8 Å². The molecule has 1 aliphatic heterocycles. The lowest BCUT2D eigenvalue weighted by atomic mass is 9.82. The predicted molar refractivity (Wildman–Crippen MR) is 115 cm³/mol. The first-order chi connectivity index (χ1) is 15.4. The third-order valence-electron chi connectivity index (χ3n) is 5.62. The van der Waals surface area contributed by atoms with Gasteiger partial charge in [0.05, 0.1) is 6.54 Å². The molecule has 11 heteroatoms. The molecule has 0 spiro atoms. The first kappa shape index (κ1) is 23.3. The summed E-state index contributed by atoms with van der Waals surface area (Å²) in [6.07, 6.45) is 4.63. The molecule has 172 valence electrons. The summed E-state index contributed by atoms with van der Waals surface area (Å²) in [5, 5.41) is 9.59. The quantitative estimate of drug-likeness (QED) is 0.649. The summed E-state index contributed by atoms with van der Waals surface area (Å²) in [4.78, 5) is 50.0. The molecule has 0 bridgehead atoms. The molecular formula is C21H28N6O5. The zero-order valence-electron chi connectivity index (χ0n) is 18.2. The van der Waals surface area contributed by atoms with Gasteiger partial charge in [0.25, 0.3) is 6.47 Å². The summed E-state index contributed by atoms with van der Waals surface area (Å²) < 4.78 is 5.68.